The molecule has 0 spiro atoms. The van der Waals surface area contributed by atoms with Gasteiger partial charge in [-0.25, -0.2) is 4.79 Å². The van der Waals surface area contributed by atoms with Gasteiger partial charge in [-0.3, -0.25) is 4.79 Å². The fourth-order valence-corrected chi connectivity index (χ4v) is 4.35. The van der Waals surface area contributed by atoms with E-state index in [1.165, 1.54) is 26.9 Å². The van der Waals surface area contributed by atoms with Gasteiger partial charge in [0.2, 0.25) is 0 Å². The van der Waals surface area contributed by atoms with E-state index in [4.69, 9.17) is 9.47 Å². The smallest absolute Gasteiger partial charge is 0.407 e. The van der Waals surface area contributed by atoms with E-state index in [9.17, 15) is 9.59 Å². The molecule has 0 saturated carbocycles. The third kappa shape index (κ3) is 4.64. The average Bonchev–Trinajstić information content (AvgIpc) is 2.88. The monoisotopic (exact) mass is 451 g/mol. The molecular weight excluding hydrogens is 426 g/mol. The summed E-state index contributed by atoms with van der Waals surface area (Å²) in [6, 6.07) is 28.4. The molecule has 0 bridgehead atoms. The van der Waals surface area contributed by atoms with Crippen LogP contribution in [-0.4, -0.2) is 18.6 Å². The standard InChI is InChI=1S/C29H25NO4/c31-26(10-5-17-30-29(32)34-18-20-6-2-1-3-7-20)33-19-24-14-13-23-12-11-21-8-4-9-22-15-16-25(24)28(23)27(21)22/h1-4,6-9,11-16H,5,10,17-19H2,(H,30,32). The Labute approximate surface area is 197 Å². The van der Waals surface area contributed by atoms with Gasteiger partial charge in [-0.1, -0.05) is 84.9 Å². The molecule has 5 aromatic carbocycles. The Balaban J connectivity index is 1.13. The number of benzene rings is 5. The maximum atomic E-state index is 12.3. The number of amides is 1. The predicted molar refractivity (Wildman–Crippen MR) is 134 cm³/mol. The summed E-state index contributed by atoms with van der Waals surface area (Å²) in [5, 5.41) is 9.83. The van der Waals surface area contributed by atoms with Gasteiger partial charge in [-0.05, 0) is 49.9 Å². The number of rotatable bonds is 8. The number of carbonyl (C=O) groups excluding carboxylic acids is 2. The molecule has 0 aliphatic heterocycles. The first kappa shape index (κ1) is 21.7. The van der Waals surface area contributed by atoms with Gasteiger partial charge < -0.3 is 14.8 Å². The van der Waals surface area contributed by atoms with Crippen LogP contribution in [0.15, 0.2) is 84.9 Å². The topological polar surface area (TPSA) is 64.6 Å². The Morgan fingerprint density at radius 2 is 1.38 bits per heavy atom. The molecule has 34 heavy (non-hydrogen) atoms. The Morgan fingerprint density at radius 1 is 0.676 bits per heavy atom. The highest BCUT2D eigenvalue weighted by Gasteiger charge is 2.12. The summed E-state index contributed by atoms with van der Waals surface area (Å²) in [5.41, 5.74) is 1.91. The molecule has 0 radical (unpaired) electrons. The van der Waals surface area contributed by atoms with Crippen molar-refractivity contribution in [3.8, 4) is 0 Å². The number of hydrogen-bond donors (Lipinski definition) is 1. The van der Waals surface area contributed by atoms with Gasteiger partial charge >= 0.3 is 12.1 Å². The molecule has 0 atom stereocenters. The third-order valence-corrected chi connectivity index (χ3v) is 6.05. The zero-order chi connectivity index (χ0) is 23.3. The normalized spacial score (nSPS) is 11.2. The second-order valence-electron chi connectivity index (χ2n) is 8.33. The summed E-state index contributed by atoms with van der Waals surface area (Å²) in [4.78, 5) is 24.1. The van der Waals surface area contributed by atoms with E-state index < -0.39 is 6.09 Å². The van der Waals surface area contributed by atoms with Crippen molar-refractivity contribution in [3.05, 3.63) is 96.1 Å². The van der Waals surface area contributed by atoms with Crippen molar-refractivity contribution < 1.29 is 19.1 Å². The Bertz CT molecular complexity index is 1430. The lowest BCUT2D eigenvalue weighted by atomic mass is 9.92. The van der Waals surface area contributed by atoms with E-state index in [2.05, 4.69) is 53.8 Å². The number of ether oxygens (including phenoxy) is 2. The average molecular weight is 452 g/mol. The van der Waals surface area contributed by atoms with Gasteiger partial charge in [0.1, 0.15) is 13.2 Å². The first-order chi connectivity index (χ1) is 16.7. The van der Waals surface area contributed by atoms with Crippen LogP contribution in [0, 0.1) is 0 Å². The third-order valence-electron chi connectivity index (χ3n) is 6.05. The summed E-state index contributed by atoms with van der Waals surface area (Å²) in [7, 11) is 0. The van der Waals surface area contributed by atoms with Gasteiger partial charge in [-0.15, -0.1) is 0 Å². The van der Waals surface area contributed by atoms with E-state index in [1.54, 1.807) is 0 Å². The van der Waals surface area contributed by atoms with Crippen LogP contribution >= 0.6 is 0 Å². The molecule has 0 heterocycles. The van der Waals surface area contributed by atoms with E-state index >= 15 is 0 Å². The van der Waals surface area contributed by atoms with Crippen LogP contribution in [0.25, 0.3) is 32.3 Å². The molecule has 0 aliphatic rings. The van der Waals surface area contributed by atoms with Crippen LogP contribution in [0.3, 0.4) is 0 Å². The van der Waals surface area contributed by atoms with Crippen LogP contribution in [0.5, 0.6) is 0 Å². The molecule has 0 aromatic heterocycles. The molecule has 1 amide bonds. The van der Waals surface area contributed by atoms with E-state index in [0.717, 1.165) is 16.5 Å². The van der Waals surface area contributed by atoms with Crippen molar-refractivity contribution in [2.45, 2.75) is 26.1 Å². The molecule has 5 aromatic rings. The number of nitrogens with one attached hydrogen (secondary N) is 1. The SMILES string of the molecule is O=C(CCCNC(=O)OCc1ccccc1)OCc1ccc2ccc3cccc4ccc1c2c34. The highest BCUT2D eigenvalue weighted by atomic mass is 16.5. The minimum Gasteiger partial charge on any atom is -0.461 e. The molecule has 5 nitrogen and oxygen atoms in total. The largest absolute Gasteiger partial charge is 0.461 e. The number of esters is 1. The van der Waals surface area contributed by atoms with Crippen molar-refractivity contribution in [2.75, 3.05) is 6.54 Å². The minimum atomic E-state index is -0.495. The maximum Gasteiger partial charge on any atom is 0.407 e. The Hall–Kier alpha value is -4.12. The number of carbonyl (C=O) groups is 2. The van der Waals surface area contributed by atoms with Crippen molar-refractivity contribution in [3.63, 3.8) is 0 Å². The first-order valence-electron chi connectivity index (χ1n) is 11.4. The highest BCUT2D eigenvalue weighted by molar-refractivity contribution is 6.23. The lowest BCUT2D eigenvalue weighted by Crippen LogP contribution is -2.25. The van der Waals surface area contributed by atoms with Gasteiger partial charge in [-0.2, -0.15) is 0 Å². The van der Waals surface area contributed by atoms with Crippen LogP contribution in [0.1, 0.15) is 24.0 Å². The van der Waals surface area contributed by atoms with Gasteiger partial charge in [0.05, 0.1) is 0 Å². The lowest BCUT2D eigenvalue weighted by Gasteiger charge is -2.14. The van der Waals surface area contributed by atoms with Crippen LogP contribution in [0.4, 0.5) is 4.79 Å². The Kier molecular flexibility index (Phi) is 6.25. The fraction of sp³-hybridized carbons (Fsp3) is 0.172. The first-order valence-corrected chi connectivity index (χ1v) is 11.4. The van der Waals surface area contributed by atoms with Crippen molar-refractivity contribution >= 4 is 44.4 Å². The molecule has 0 aliphatic carbocycles. The van der Waals surface area contributed by atoms with E-state index in [-0.39, 0.29) is 25.6 Å². The molecule has 0 fully saturated rings. The van der Waals surface area contributed by atoms with Crippen molar-refractivity contribution in [1.82, 2.24) is 5.32 Å². The summed E-state index contributed by atoms with van der Waals surface area (Å²) in [6.07, 6.45) is 0.216. The van der Waals surface area contributed by atoms with Gasteiger partial charge in [0, 0.05) is 13.0 Å². The molecule has 5 rings (SSSR count). The number of alkyl carbamates (subject to hydrolysis) is 1. The summed E-state index contributed by atoms with van der Waals surface area (Å²) in [5.74, 6) is -0.287. The van der Waals surface area contributed by atoms with Crippen molar-refractivity contribution in [2.24, 2.45) is 0 Å². The zero-order valence-corrected chi connectivity index (χ0v) is 18.8. The second kappa shape index (κ2) is 9.79. The minimum absolute atomic E-state index is 0.216. The number of hydrogen-bond acceptors (Lipinski definition) is 4. The quantitative estimate of drug-likeness (QED) is 0.170. The molecule has 170 valence electrons. The molecule has 1 N–H and O–H groups in total. The lowest BCUT2D eigenvalue weighted by molar-refractivity contribution is -0.145. The summed E-state index contributed by atoms with van der Waals surface area (Å²) >= 11 is 0. The van der Waals surface area contributed by atoms with Crippen LogP contribution in [-0.2, 0) is 27.5 Å². The van der Waals surface area contributed by atoms with E-state index in [0.29, 0.717) is 13.0 Å². The summed E-state index contributed by atoms with van der Waals surface area (Å²) < 4.78 is 10.7. The van der Waals surface area contributed by atoms with Crippen LogP contribution in [0.2, 0.25) is 0 Å². The molecule has 5 heteroatoms. The molecule has 0 unspecified atom stereocenters. The Morgan fingerprint density at radius 3 is 2.18 bits per heavy atom. The van der Waals surface area contributed by atoms with Crippen LogP contribution < -0.4 is 5.32 Å². The van der Waals surface area contributed by atoms with Gasteiger partial charge in [0.25, 0.3) is 0 Å². The molecular formula is C29H25NO4. The molecule has 0 saturated heterocycles. The predicted octanol–water partition coefficient (Wildman–Crippen LogP) is 6.33. The highest BCUT2D eigenvalue weighted by Crippen LogP contribution is 2.36. The fourth-order valence-electron chi connectivity index (χ4n) is 4.35. The maximum absolute atomic E-state index is 12.3. The zero-order valence-electron chi connectivity index (χ0n) is 18.8. The second-order valence-corrected chi connectivity index (χ2v) is 8.33. The van der Waals surface area contributed by atoms with E-state index in [1.807, 2.05) is 36.4 Å². The van der Waals surface area contributed by atoms with Crippen molar-refractivity contribution in [1.29, 1.82) is 0 Å². The van der Waals surface area contributed by atoms with Gasteiger partial charge in [0.15, 0.2) is 0 Å². The summed E-state index contributed by atoms with van der Waals surface area (Å²) in [6.45, 7) is 0.787.